The molecular formula is C16H14N2O2S2. The zero-order chi connectivity index (χ0) is 15.4. The average Bonchev–Trinajstić information content (AvgIpc) is 2.59. The van der Waals surface area contributed by atoms with Crippen molar-refractivity contribution in [1.82, 2.24) is 10.2 Å². The van der Waals surface area contributed by atoms with Gasteiger partial charge in [-0.1, -0.05) is 6.07 Å². The van der Waals surface area contributed by atoms with Crippen LogP contribution < -0.4 is 0 Å². The molecule has 0 amide bonds. The van der Waals surface area contributed by atoms with Gasteiger partial charge in [-0.05, 0) is 24.3 Å². The van der Waals surface area contributed by atoms with Gasteiger partial charge in [0.25, 0.3) is 0 Å². The van der Waals surface area contributed by atoms with E-state index in [4.69, 9.17) is 0 Å². The standard InChI is InChI=1S/C16H14N2O2S2/c19-13(4-5-14(20)12-2-1-7-17-18-12)11-3-6-15-16(10-11)22-9-8-21-15/h1-3,6-7,10H,4-5,8-9H2. The number of carbonyl (C=O) groups excluding carboxylic acids is 2. The Labute approximate surface area is 137 Å². The number of ketones is 2. The van der Waals surface area contributed by atoms with Crippen molar-refractivity contribution in [1.29, 1.82) is 0 Å². The van der Waals surface area contributed by atoms with E-state index < -0.39 is 0 Å². The second-order valence-electron chi connectivity index (χ2n) is 4.81. The molecule has 0 N–H and O–H groups in total. The van der Waals surface area contributed by atoms with Gasteiger partial charge in [-0.2, -0.15) is 5.10 Å². The summed E-state index contributed by atoms with van der Waals surface area (Å²) in [7, 11) is 0. The summed E-state index contributed by atoms with van der Waals surface area (Å²) in [6, 6.07) is 9.09. The van der Waals surface area contributed by atoms with Crippen LogP contribution in [0.2, 0.25) is 0 Å². The SMILES string of the molecule is O=C(CCC(=O)c1cccnn1)c1ccc2c(c1)SCCS2. The summed E-state index contributed by atoms with van der Waals surface area (Å²) in [4.78, 5) is 26.6. The van der Waals surface area contributed by atoms with Crippen LogP contribution in [0, 0.1) is 0 Å². The zero-order valence-electron chi connectivity index (χ0n) is 11.8. The van der Waals surface area contributed by atoms with Gasteiger partial charge in [0.05, 0.1) is 0 Å². The lowest BCUT2D eigenvalue weighted by molar-refractivity contribution is 0.0914. The third-order valence-corrected chi connectivity index (χ3v) is 5.82. The number of rotatable bonds is 5. The van der Waals surface area contributed by atoms with E-state index in [0.29, 0.717) is 11.3 Å². The second kappa shape index (κ2) is 7.07. The van der Waals surface area contributed by atoms with Crippen molar-refractivity contribution in [3.63, 3.8) is 0 Å². The van der Waals surface area contributed by atoms with Crippen LogP contribution in [0.25, 0.3) is 0 Å². The molecule has 0 atom stereocenters. The van der Waals surface area contributed by atoms with Gasteiger partial charge in [0.15, 0.2) is 11.6 Å². The number of benzene rings is 1. The summed E-state index contributed by atoms with van der Waals surface area (Å²) in [5.74, 6) is 2.03. The van der Waals surface area contributed by atoms with Gasteiger partial charge in [0, 0.05) is 45.9 Å². The van der Waals surface area contributed by atoms with Gasteiger partial charge >= 0.3 is 0 Å². The average molecular weight is 330 g/mol. The second-order valence-corrected chi connectivity index (χ2v) is 7.09. The molecule has 1 aromatic heterocycles. The van der Waals surface area contributed by atoms with Crippen molar-refractivity contribution < 1.29 is 9.59 Å². The lowest BCUT2D eigenvalue weighted by atomic mass is 10.0. The van der Waals surface area contributed by atoms with Crippen molar-refractivity contribution in [3.05, 3.63) is 47.8 Å². The van der Waals surface area contributed by atoms with Crippen molar-refractivity contribution in [2.24, 2.45) is 0 Å². The summed E-state index contributed by atoms with van der Waals surface area (Å²) < 4.78 is 0. The molecule has 0 saturated carbocycles. The number of hydrogen-bond donors (Lipinski definition) is 0. The van der Waals surface area contributed by atoms with Crippen LogP contribution in [-0.4, -0.2) is 33.3 Å². The van der Waals surface area contributed by atoms with Crippen LogP contribution in [0.5, 0.6) is 0 Å². The largest absolute Gasteiger partial charge is 0.294 e. The van der Waals surface area contributed by atoms with Gasteiger partial charge in [0.1, 0.15) is 5.69 Å². The third kappa shape index (κ3) is 3.56. The Morgan fingerprint density at radius 1 is 1.00 bits per heavy atom. The quantitative estimate of drug-likeness (QED) is 0.782. The molecule has 0 radical (unpaired) electrons. The van der Waals surface area contributed by atoms with Crippen LogP contribution in [-0.2, 0) is 0 Å². The molecule has 0 bridgehead atoms. The number of Topliss-reactive ketones (excluding diaryl/α,β-unsaturated/α-hetero) is 2. The van der Waals surface area contributed by atoms with Gasteiger partial charge in [-0.15, -0.1) is 28.6 Å². The minimum Gasteiger partial charge on any atom is -0.294 e. The van der Waals surface area contributed by atoms with E-state index >= 15 is 0 Å². The molecule has 112 valence electrons. The highest BCUT2D eigenvalue weighted by Crippen LogP contribution is 2.37. The molecule has 0 unspecified atom stereocenters. The van der Waals surface area contributed by atoms with E-state index in [9.17, 15) is 9.59 Å². The fourth-order valence-electron chi connectivity index (χ4n) is 2.17. The molecule has 1 aliphatic heterocycles. The van der Waals surface area contributed by atoms with Crippen molar-refractivity contribution >= 4 is 35.1 Å². The van der Waals surface area contributed by atoms with Crippen molar-refractivity contribution in [2.45, 2.75) is 22.6 Å². The molecule has 0 spiro atoms. The Morgan fingerprint density at radius 3 is 2.55 bits per heavy atom. The maximum absolute atomic E-state index is 12.3. The first-order valence-electron chi connectivity index (χ1n) is 6.98. The highest BCUT2D eigenvalue weighted by atomic mass is 32.2. The number of fused-ring (bicyclic) bond motifs is 1. The van der Waals surface area contributed by atoms with Gasteiger partial charge in [-0.25, -0.2) is 0 Å². The summed E-state index contributed by atoms with van der Waals surface area (Å²) in [6.07, 6.45) is 1.88. The molecule has 1 aliphatic rings. The first-order valence-corrected chi connectivity index (χ1v) is 8.95. The molecule has 0 saturated heterocycles. The fourth-order valence-corrected chi connectivity index (χ4v) is 4.41. The van der Waals surface area contributed by atoms with Crippen molar-refractivity contribution in [2.75, 3.05) is 11.5 Å². The number of carbonyl (C=O) groups is 2. The first-order chi connectivity index (χ1) is 10.7. The van der Waals surface area contributed by atoms with E-state index in [1.54, 1.807) is 23.9 Å². The predicted octanol–water partition coefficient (Wildman–Crippen LogP) is 3.52. The molecular weight excluding hydrogens is 316 g/mol. The topological polar surface area (TPSA) is 59.9 Å². The molecule has 2 aromatic rings. The number of hydrogen-bond acceptors (Lipinski definition) is 6. The van der Waals surface area contributed by atoms with E-state index in [2.05, 4.69) is 10.2 Å². The number of thioether (sulfide) groups is 2. The van der Waals surface area contributed by atoms with Crippen LogP contribution in [0.4, 0.5) is 0 Å². The van der Waals surface area contributed by atoms with Crippen LogP contribution in [0.3, 0.4) is 0 Å². The van der Waals surface area contributed by atoms with Gasteiger partial charge < -0.3 is 0 Å². The molecule has 6 heteroatoms. The molecule has 1 aromatic carbocycles. The monoisotopic (exact) mass is 330 g/mol. The smallest absolute Gasteiger partial charge is 0.183 e. The highest BCUT2D eigenvalue weighted by molar-refractivity contribution is 8.05. The fraction of sp³-hybridized carbons (Fsp3) is 0.250. The lowest BCUT2D eigenvalue weighted by Gasteiger charge is -2.15. The maximum Gasteiger partial charge on any atom is 0.183 e. The Hall–Kier alpha value is -1.66. The van der Waals surface area contributed by atoms with E-state index in [1.165, 1.54) is 16.0 Å². The van der Waals surface area contributed by atoms with E-state index in [0.717, 1.165) is 11.5 Å². The van der Waals surface area contributed by atoms with Gasteiger partial charge in [0.2, 0.25) is 0 Å². The minimum absolute atomic E-state index is 0.00351. The van der Waals surface area contributed by atoms with Crippen molar-refractivity contribution in [3.8, 4) is 0 Å². The van der Waals surface area contributed by atoms with Gasteiger partial charge in [-0.3, -0.25) is 9.59 Å². The Balaban J connectivity index is 1.64. The molecule has 0 aliphatic carbocycles. The Morgan fingerprint density at radius 2 is 1.77 bits per heavy atom. The van der Waals surface area contributed by atoms with E-state index in [1.807, 2.05) is 30.0 Å². The molecule has 4 nitrogen and oxygen atoms in total. The lowest BCUT2D eigenvalue weighted by Crippen LogP contribution is -2.07. The first kappa shape index (κ1) is 15.2. The summed E-state index contributed by atoms with van der Waals surface area (Å²) in [5.41, 5.74) is 0.994. The molecule has 22 heavy (non-hydrogen) atoms. The summed E-state index contributed by atoms with van der Waals surface area (Å²) >= 11 is 3.61. The van der Waals surface area contributed by atoms with E-state index in [-0.39, 0.29) is 24.4 Å². The molecule has 3 rings (SSSR count). The van der Waals surface area contributed by atoms with Crippen LogP contribution >= 0.6 is 23.5 Å². The molecule has 2 heterocycles. The number of nitrogens with zero attached hydrogens (tertiary/aromatic N) is 2. The van der Waals surface area contributed by atoms with Crippen LogP contribution in [0.15, 0.2) is 46.3 Å². The summed E-state index contributed by atoms with van der Waals surface area (Å²) in [6.45, 7) is 0. The number of aromatic nitrogens is 2. The van der Waals surface area contributed by atoms with Crippen LogP contribution in [0.1, 0.15) is 33.7 Å². The highest BCUT2D eigenvalue weighted by Gasteiger charge is 2.15. The predicted molar refractivity (Wildman–Crippen MR) is 87.8 cm³/mol. The zero-order valence-corrected chi connectivity index (χ0v) is 13.5. The normalized spacial score (nSPS) is 13.5. The third-order valence-electron chi connectivity index (χ3n) is 3.30. The summed E-state index contributed by atoms with van der Waals surface area (Å²) in [5, 5.41) is 7.45. The Kier molecular flexibility index (Phi) is 4.90. The Bertz CT molecular complexity index is 705. The molecule has 0 fully saturated rings. The minimum atomic E-state index is -0.149. The maximum atomic E-state index is 12.3.